The normalized spacial score (nSPS) is 48.9. The molecule has 4 aliphatic carbocycles. The Morgan fingerprint density at radius 3 is 2.47 bits per heavy atom. The molecule has 0 aromatic rings. The average Bonchev–Trinajstić information content (AvgIpc) is 3.05. The van der Waals surface area contributed by atoms with E-state index in [4.69, 9.17) is 4.89 Å². The van der Waals surface area contributed by atoms with E-state index in [1.807, 2.05) is 0 Å². The minimum atomic E-state index is -0.707. The summed E-state index contributed by atoms with van der Waals surface area (Å²) in [7, 11) is 0. The number of hydrogen-bond acceptors (Lipinski definition) is 3. The lowest BCUT2D eigenvalue weighted by molar-refractivity contribution is -0.361. The number of aliphatic hydroxyl groups is 1. The highest BCUT2D eigenvalue weighted by molar-refractivity contribution is 5.25. The number of fused-ring (bicyclic) bond motifs is 5. The van der Waals surface area contributed by atoms with Crippen LogP contribution in [0.15, 0.2) is 12.2 Å². The Kier molecular flexibility index (Phi) is 6.23. The zero-order chi connectivity index (χ0) is 21.7. The smallest absolute Gasteiger partial charge is 0.129 e. The van der Waals surface area contributed by atoms with Gasteiger partial charge in [-0.3, -0.25) is 5.26 Å². The SMILES string of the molecule is CC(C)CCCC(C)[C@H]1CC[C@H]2[C@@H]3C=C[C@]4(OO)C[C@@H](O)CC[C@]4(C)[C@H]3CC[C@]12C. The maximum atomic E-state index is 10.3. The van der Waals surface area contributed by atoms with Crippen LogP contribution < -0.4 is 0 Å². The molecule has 0 heterocycles. The van der Waals surface area contributed by atoms with Crippen molar-refractivity contribution >= 4 is 0 Å². The van der Waals surface area contributed by atoms with Crippen LogP contribution in [0.1, 0.15) is 98.8 Å². The van der Waals surface area contributed by atoms with E-state index in [0.29, 0.717) is 23.7 Å². The molecule has 4 aliphatic rings. The fourth-order valence-electron chi connectivity index (χ4n) is 8.79. The number of allylic oxidation sites excluding steroid dienone is 1. The summed E-state index contributed by atoms with van der Waals surface area (Å²) in [6, 6.07) is 0. The van der Waals surface area contributed by atoms with E-state index in [0.717, 1.165) is 36.5 Å². The van der Waals surface area contributed by atoms with Gasteiger partial charge in [-0.2, -0.15) is 0 Å². The molecule has 0 aromatic heterocycles. The molecule has 0 saturated heterocycles. The van der Waals surface area contributed by atoms with E-state index in [1.165, 1.54) is 44.9 Å². The number of rotatable bonds is 6. The second-order valence-corrected chi connectivity index (χ2v) is 12.5. The van der Waals surface area contributed by atoms with Crippen molar-refractivity contribution in [2.45, 2.75) is 111 Å². The van der Waals surface area contributed by atoms with Crippen molar-refractivity contribution in [3.8, 4) is 0 Å². The minimum Gasteiger partial charge on any atom is -0.393 e. The fourth-order valence-corrected chi connectivity index (χ4v) is 8.79. The molecule has 3 heteroatoms. The van der Waals surface area contributed by atoms with Crippen LogP contribution in [0, 0.1) is 46.3 Å². The van der Waals surface area contributed by atoms with Crippen LogP contribution >= 0.6 is 0 Å². The fraction of sp³-hybridized carbons (Fsp3) is 0.926. The van der Waals surface area contributed by atoms with Crippen molar-refractivity contribution in [1.29, 1.82) is 0 Å². The first-order valence-electron chi connectivity index (χ1n) is 12.9. The van der Waals surface area contributed by atoms with Crippen LogP contribution in [-0.4, -0.2) is 22.1 Å². The van der Waals surface area contributed by atoms with Crippen LogP contribution in [0.3, 0.4) is 0 Å². The van der Waals surface area contributed by atoms with Crippen LogP contribution in [0.25, 0.3) is 0 Å². The molecule has 2 N–H and O–H groups in total. The second-order valence-electron chi connectivity index (χ2n) is 12.5. The lowest BCUT2D eigenvalue weighted by Gasteiger charge is -2.62. The van der Waals surface area contributed by atoms with Gasteiger partial charge in [0, 0.05) is 11.8 Å². The Hall–Kier alpha value is -0.380. The molecule has 0 bridgehead atoms. The molecular weight excluding hydrogens is 372 g/mol. The van der Waals surface area contributed by atoms with E-state index in [2.05, 4.69) is 46.8 Å². The first-order chi connectivity index (χ1) is 14.2. The van der Waals surface area contributed by atoms with Crippen molar-refractivity contribution in [2.24, 2.45) is 46.3 Å². The Morgan fingerprint density at radius 2 is 1.77 bits per heavy atom. The van der Waals surface area contributed by atoms with E-state index >= 15 is 0 Å². The molecule has 0 aliphatic heterocycles. The summed E-state index contributed by atoms with van der Waals surface area (Å²) < 4.78 is 0. The van der Waals surface area contributed by atoms with Crippen molar-refractivity contribution in [3.63, 3.8) is 0 Å². The summed E-state index contributed by atoms with van der Waals surface area (Å²) in [5.41, 5.74) is -0.336. The molecule has 0 aromatic carbocycles. The Morgan fingerprint density at radius 1 is 1.00 bits per heavy atom. The van der Waals surface area contributed by atoms with Gasteiger partial charge in [0.25, 0.3) is 0 Å². The van der Waals surface area contributed by atoms with Crippen LogP contribution in [-0.2, 0) is 4.89 Å². The summed E-state index contributed by atoms with van der Waals surface area (Å²) in [5.74, 6) is 4.39. The third kappa shape index (κ3) is 3.42. The number of aliphatic hydroxyl groups excluding tert-OH is 1. The van der Waals surface area contributed by atoms with Crippen molar-refractivity contribution in [1.82, 2.24) is 0 Å². The van der Waals surface area contributed by atoms with E-state index in [9.17, 15) is 10.4 Å². The second kappa shape index (κ2) is 8.19. The first kappa shape index (κ1) is 22.8. The maximum absolute atomic E-state index is 10.3. The van der Waals surface area contributed by atoms with E-state index in [-0.39, 0.29) is 11.5 Å². The highest BCUT2D eigenvalue weighted by atomic mass is 17.1. The molecule has 3 saturated carbocycles. The molecule has 0 spiro atoms. The topological polar surface area (TPSA) is 49.7 Å². The monoisotopic (exact) mass is 418 g/mol. The third-order valence-corrected chi connectivity index (χ3v) is 10.6. The van der Waals surface area contributed by atoms with Crippen LogP contribution in [0.2, 0.25) is 0 Å². The van der Waals surface area contributed by atoms with Gasteiger partial charge in [0.1, 0.15) is 5.60 Å². The molecule has 172 valence electrons. The van der Waals surface area contributed by atoms with Gasteiger partial charge >= 0.3 is 0 Å². The molecule has 0 radical (unpaired) electrons. The summed E-state index contributed by atoms with van der Waals surface area (Å²) in [6.45, 7) is 12.1. The Balaban J connectivity index is 1.55. The molecule has 3 nitrogen and oxygen atoms in total. The lowest BCUT2D eigenvalue weighted by atomic mass is 9.45. The predicted octanol–water partition coefficient (Wildman–Crippen LogP) is 6.86. The highest BCUT2D eigenvalue weighted by Gasteiger charge is 2.64. The summed E-state index contributed by atoms with van der Waals surface area (Å²) in [6.07, 6.45) is 15.9. The molecule has 30 heavy (non-hydrogen) atoms. The molecule has 3 fully saturated rings. The Bertz CT molecular complexity index is 644. The Labute approximate surface area is 184 Å². The van der Waals surface area contributed by atoms with Gasteiger partial charge in [-0.05, 0) is 79.4 Å². The highest BCUT2D eigenvalue weighted by Crippen LogP contribution is 2.68. The predicted molar refractivity (Wildman–Crippen MR) is 122 cm³/mol. The molecular formula is C27H46O3. The summed E-state index contributed by atoms with van der Waals surface area (Å²) >= 11 is 0. The van der Waals surface area contributed by atoms with Gasteiger partial charge in [0.15, 0.2) is 0 Å². The molecule has 4 rings (SSSR count). The van der Waals surface area contributed by atoms with Crippen molar-refractivity contribution in [3.05, 3.63) is 12.2 Å². The minimum absolute atomic E-state index is 0.0807. The molecule has 0 amide bonds. The van der Waals surface area contributed by atoms with Crippen LogP contribution in [0.4, 0.5) is 0 Å². The van der Waals surface area contributed by atoms with Gasteiger partial charge in [-0.25, -0.2) is 4.89 Å². The van der Waals surface area contributed by atoms with Crippen molar-refractivity contribution < 1.29 is 15.3 Å². The zero-order valence-corrected chi connectivity index (χ0v) is 20.1. The number of hydrogen-bond donors (Lipinski definition) is 2. The largest absolute Gasteiger partial charge is 0.393 e. The van der Waals surface area contributed by atoms with E-state index in [1.54, 1.807) is 0 Å². The summed E-state index contributed by atoms with van der Waals surface area (Å²) in [5, 5.41) is 20.3. The van der Waals surface area contributed by atoms with Crippen molar-refractivity contribution in [2.75, 3.05) is 0 Å². The average molecular weight is 419 g/mol. The third-order valence-electron chi connectivity index (χ3n) is 10.6. The van der Waals surface area contributed by atoms with Crippen LogP contribution in [0.5, 0.6) is 0 Å². The lowest BCUT2D eigenvalue weighted by Crippen LogP contribution is -2.61. The van der Waals surface area contributed by atoms with Gasteiger partial charge in [0.2, 0.25) is 0 Å². The van der Waals surface area contributed by atoms with Gasteiger partial charge in [-0.1, -0.05) is 66.0 Å². The molecule has 1 unspecified atom stereocenters. The first-order valence-corrected chi connectivity index (χ1v) is 12.9. The molecule has 9 atom stereocenters. The zero-order valence-electron chi connectivity index (χ0n) is 20.1. The standard InChI is InChI=1S/C27H46O3/c1-18(2)7-6-8-19(3)22-9-10-23-21-12-16-27(30-29)17-20(28)11-15-26(27,5)24(21)13-14-25(22,23)4/h12,16,18-24,28-29H,6-11,13-15,17H2,1-5H3/t19?,20-,21-,22+,23-,24-,25+,26+,27-/m0/s1. The van der Waals surface area contributed by atoms with Gasteiger partial charge < -0.3 is 5.11 Å². The van der Waals surface area contributed by atoms with E-state index < -0.39 is 5.60 Å². The van der Waals surface area contributed by atoms with Gasteiger partial charge in [-0.15, -0.1) is 0 Å². The van der Waals surface area contributed by atoms with Gasteiger partial charge in [0.05, 0.1) is 6.10 Å². The summed E-state index contributed by atoms with van der Waals surface area (Å²) in [4.78, 5) is 5.22. The maximum Gasteiger partial charge on any atom is 0.129 e. The quantitative estimate of drug-likeness (QED) is 0.281.